The molecule has 0 unspecified atom stereocenters. The zero-order valence-corrected chi connectivity index (χ0v) is 36.9. The Balaban J connectivity index is 0.000000224. The molecule has 2 fully saturated rings. The summed E-state index contributed by atoms with van der Waals surface area (Å²) in [6, 6.07) is 27.2. The number of amides is 3. The topological polar surface area (TPSA) is 132 Å². The molecule has 0 saturated carbocycles. The number of nitriles is 1. The third kappa shape index (κ3) is 12.1. The summed E-state index contributed by atoms with van der Waals surface area (Å²) in [5.74, 6) is -0.535. The lowest BCUT2D eigenvalue weighted by molar-refractivity contribution is 0.0204. The summed E-state index contributed by atoms with van der Waals surface area (Å²) in [6.07, 6.45) is -0.682. The molecule has 312 valence electrons. The van der Waals surface area contributed by atoms with Gasteiger partial charge in [0, 0.05) is 54.9 Å². The highest BCUT2D eigenvalue weighted by molar-refractivity contribution is 6.34. The van der Waals surface area contributed by atoms with E-state index in [4.69, 9.17) is 66.9 Å². The number of carbonyl (C=O) groups is 3. The Hall–Kier alpha value is -4.86. The van der Waals surface area contributed by atoms with Crippen molar-refractivity contribution in [2.24, 2.45) is 5.73 Å². The number of hydrogen-bond acceptors (Lipinski definition) is 8. The van der Waals surface area contributed by atoms with Gasteiger partial charge < -0.3 is 34.8 Å². The second-order valence-corrected chi connectivity index (χ2v) is 17.9. The number of piperazine rings is 2. The van der Waals surface area contributed by atoms with Crippen LogP contribution in [-0.2, 0) is 9.47 Å². The summed E-state index contributed by atoms with van der Waals surface area (Å²) in [4.78, 5) is 44.5. The first-order valence-corrected chi connectivity index (χ1v) is 20.5. The van der Waals surface area contributed by atoms with Crippen molar-refractivity contribution in [2.45, 2.75) is 64.8 Å². The van der Waals surface area contributed by atoms with E-state index >= 15 is 0 Å². The fourth-order valence-electron chi connectivity index (χ4n) is 6.77. The lowest BCUT2D eigenvalue weighted by Crippen LogP contribution is -2.51. The van der Waals surface area contributed by atoms with Crippen molar-refractivity contribution in [3.8, 4) is 6.07 Å². The minimum atomic E-state index is -0.572. The highest BCUT2D eigenvalue weighted by Crippen LogP contribution is 2.38. The van der Waals surface area contributed by atoms with Crippen LogP contribution >= 0.6 is 46.4 Å². The van der Waals surface area contributed by atoms with Crippen LogP contribution in [0.1, 0.15) is 80.7 Å². The molecule has 11 nitrogen and oxygen atoms in total. The molecule has 59 heavy (non-hydrogen) atoms. The standard InChI is InChI=1S/C22H25Cl2N3O3.C22H23Cl2N3O2/c1-22(2,3)30-21(29)26-10-11-27(18-9-6-15(20(25)28)12-17(18)24)19(13-26)14-4-7-16(23)8-5-14;1-22(2,3)29-21(28)26-10-11-27(19-9-4-15(13-25)12-18(19)24)20(14-26)16-5-7-17(23)8-6-16/h4-9,12,19H,10-11,13H2,1-3H3,(H2,25,28);4-9,12,20H,10-11,14H2,1-3H3/t19-;20-/m00/s1. The molecule has 2 heterocycles. The van der Waals surface area contributed by atoms with Crippen LogP contribution in [0.2, 0.25) is 20.1 Å². The Morgan fingerprint density at radius 1 is 0.627 bits per heavy atom. The third-order valence-electron chi connectivity index (χ3n) is 9.50. The first-order chi connectivity index (χ1) is 27.7. The van der Waals surface area contributed by atoms with Gasteiger partial charge in [-0.25, -0.2) is 9.59 Å². The maximum atomic E-state index is 12.7. The smallest absolute Gasteiger partial charge is 0.410 e. The molecule has 6 rings (SSSR count). The highest BCUT2D eigenvalue weighted by Gasteiger charge is 2.35. The van der Waals surface area contributed by atoms with Gasteiger partial charge in [-0.2, -0.15) is 5.26 Å². The Morgan fingerprint density at radius 3 is 1.39 bits per heavy atom. The summed E-state index contributed by atoms with van der Waals surface area (Å²) < 4.78 is 11.1. The highest BCUT2D eigenvalue weighted by atomic mass is 35.5. The number of nitrogens with zero attached hydrogens (tertiary/aromatic N) is 5. The van der Waals surface area contributed by atoms with Gasteiger partial charge in [0.05, 0.1) is 45.1 Å². The van der Waals surface area contributed by atoms with Crippen LogP contribution in [0.4, 0.5) is 21.0 Å². The maximum absolute atomic E-state index is 12.7. The third-order valence-corrected chi connectivity index (χ3v) is 10.6. The number of nitrogens with two attached hydrogens (primary N) is 1. The summed E-state index contributed by atoms with van der Waals surface area (Å²) in [6.45, 7) is 14.1. The zero-order valence-electron chi connectivity index (χ0n) is 33.8. The number of primary amides is 1. The van der Waals surface area contributed by atoms with Crippen molar-refractivity contribution in [1.82, 2.24) is 9.80 Å². The van der Waals surface area contributed by atoms with Crippen molar-refractivity contribution in [3.63, 3.8) is 0 Å². The molecule has 2 N–H and O–H groups in total. The molecule has 2 atom stereocenters. The minimum absolute atomic E-state index is 0.126. The number of ether oxygens (including phenoxy) is 2. The van der Waals surface area contributed by atoms with E-state index in [0.717, 1.165) is 22.5 Å². The van der Waals surface area contributed by atoms with E-state index in [0.29, 0.717) is 70.5 Å². The molecule has 0 aliphatic carbocycles. The van der Waals surface area contributed by atoms with E-state index in [1.807, 2.05) is 96.1 Å². The largest absolute Gasteiger partial charge is 0.444 e. The molecule has 0 aromatic heterocycles. The second-order valence-electron chi connectivity index (χ2n) is 16.2. The number of benzene rings is 4. The van der Waals surface area contributed by atoms with Gasteiger partial charge in [-0.3, -0.25) is 4.79 Å². The quantitative estimate of drug-likeness (QED) is 0.210. The SMILES string of the molecule is CC(C)(C)OC(=O)N1CCN(c2ccc(C#N)cc2Cl)[C@H](c2ccc(Cl)cc2)C1.CC(C)(C)OC(=O)N1CCN(c2ccc(C(N)=O)cc2Cl)[C@H](c2ccc(Cl)cc2)C1. The van der Waals surface area contributed by atoms with Gasteiger partial charge in [0.15, 0.2) is 0 Å². The molecule has 2 aliphatic rings. The van der Waals surface area contributed by atoms with Crippen LogP contribution in [0, 0.1) is 11.3 Å². The van der Waals surface area contributed by atoms with E-state index in [-0.39, 0.29) is 24.3 Å². The van der Waals surface area contributed by atoms with E-state index in [1.165, 1.54) is 0 Å². The van der Waals surface area contributed by atoms with Crippen LogP contribution in [0.5, 0.6) is 0 Å². The van der Waals surface area contributed by atoms with Crippen molar-refractivity contribution in [3.05, 3.63) is 127 Å². The van der Waals surface area contributed by atoms with Crippen molar-refractivity contribution in [1.29, 1.82) is 5.26 Å². The fourth-order valence-corrected chi connectivity index (χ4v) is 7.60. The summed E-state index contributed by atoms with van der Waals surface area (Å²) >= 11 is 25.1. The molecule has 4 aromatic rings. The Kier molecular flexibility index (Phi) is 14.6. The zero-order chi connectivity index (χ0) is 43.2. The predicted molar refractivity (Wildman–Crippen MR) is 235 cm³/mol. The molecule has 0 spiro atoms. The van der Waals surface area contributed by atoms with Gasteiger partial charge >= 0.3 is 12.2 Å². The lowest BCUT2D eigenvalue weighted by atomic mass is 10.0. The average Bonchev–Trinajstić information content (AvgIpc) is 3.17. The van der Waals surface area contributed by atoms with E-state index < -0.39 is 17.1 Å². The molecule has 3 amide bonds. The predicted octanol–water partition coefficient (Wildman–Crippen LogP) is 10.6. The number of halogens is 4. The normalized spacial score (nSPS) is 17.0. The number of anilines is 2. The first-order valence-electron chi connectivity index (χ1n) is 19.0. The van der Waals surface area contributed by atoms with Gasteiger partial charge in [0.1, 0.15) is 11.2 Å². The molecule has 2 aliphatic heterocycles. The van der Waals surface area contributed by atoms with E-state index in [1.54, 1.807) is 40.1 Å². The van der Waals surface area contributed by atoms with Crippen molar-refractivity contribution in [2.75, 3.05) is 49.1 Å². The summed E-state index contributed by atoms with van der Waals surface area (Å²) in [5.41, 5.74) is 8.69. The minimum Gasteiger partial charge on any atom is -0.444 e. The molecule has 0 bridgehead atoms. The summed E-state index contributed by atoms with van der Waals surface area (Å²) in [7, 11) is 0. The Morgan fingerprint density at radius 2 is 1.03 bits per heavy atom. The number of hydrogen-bond donors (Lipinski definition) is 1. The lowest BCUT2D eigenvalue weighted by Gasteiger charge is -2.43. The van der Waals surface area contributed by atoms with E-state index in [2.05, 4.69) is 15.9 Å². The van der Waals surface area contributed by atoms with Gasteiger partial charge in [-0.05, 0) is 113 Å². The molecular weight excluding hydrogens is 834 g/mol. The van der Waals surface area contributed by atoms with Crippen LogP contribution in [0.25, 0.3) is 0 Å². The fraction of sp³-hybridized carbons (Fsp3) is 0.364. The van der Waals surface area contributed by atoms with Crippen molar-refractivity contribution >= 4 is 75.9 Å². The van der Waals surface area contributed by atoms with Gasteiger partial charge in [0.2, 0.25) is 5.91 Å². The van der Waals surface area contributed by atoms with Crippen LogP contribution in [0.3, 0.4) is 0 Å². The molecular formula is C44H48Cl4N6O5. The molecule has 2 saturated heterocycles. The van der Waals surface area contributed by atoms with Crippen LogP contribution in [0.15, 0.2) is 84.9 Å². The van der Waals surface area contributed by atoms with Crippen molar-refractivity contribution < 1.29 is 23.9 Å². The van der Waals surface area contributed by atoms with Crippen LogP contribution < -0.4 is 15.5 Å². The Labute approximate surface area is 366 Å². The molecule has 4 aromatic carbocycles. The van der Waals surface area contributed by atoms with E-state index in [9.17, 15) is 14.4 Å². The molecule has 15 heteroatoms. The molecule has 0 radical (unpaired) electrons. The monoisotopic (exact) mass is 880 g/mol. The second kappa shape index (κ2) is 19.0. The van der Waals surface area contributed by atoms with Crippen LogP contribution in [-0.4, -0.2) is 78.4 Å². The first kappa shape index (κ1) is 45.2. The average molecular weight is 883 g/mol. The maximum Gasteiger partial charge on any atom is 0.410 e. The Bertz CT molecular complexity index is 2180. The number of rotatable bonds is 5. The van der Waals surface area contributed by atoms with Gasteiger partial charge in [-0.1, -0.05) is 70.7 Å². The number of carbonyl (C=O) groups excluding carboxylic acids is 3. The van der Waals surface area contributed by atoms with Gasteiger partial charge in [0.25, 0.3) is 0 Å². The van der Waals surface area contributed by atoms with Gasteiger partial charge in [-0.15, -0.1) is 0 Å². The summed E-state index contributed by atoms with van der Waals surface area (Å²) in [5, 5.41) is 11.3.